The molecule has 0 spiro atoms. The minimum Gasteiger partial charge on any atom is -0.459 e. The highest BCUT2D eigenvalue weighted by Crippen LogP contribution is 2.31. The van der Waals surface area contributed by atoms with E-state index < -0.39 is 21.7 Å². The maximum Gasteiger partial charge on any atom is 0.320 e. The number of carbonyl (C=O) groups excluding carboxylic acids is 3. The first-order valence-corrected chi connectivity index (χ1v) is 18.9. The average Bonchev–Trinajstić information content (AvgIpc) is 3.57. The van der Waals surface area contributed by atoms with Crippen molar-refractivity contribution >= 4 is 46.0 Å². The van der Waals surface area contributed by atoms with Crippen LogP contribution in [0.4, 0.5) is 17.1 Å². The smallest absolute Gasteiger partial charge is 0.320 e. The molecule has 56 heavy (non-hydrogen) atoms. The fraction of sp³-hybridized carbons (Fsp3) is 0.615. The molecule has 4 rings (SSSR count). The lowest BCUT2D eigenvalue weighted by Gasteiger charge is -2.30. The molecule has 308 valence electrons. The molecule has 1 aliphatic heterocycles. The number of aromatic nitrogens is 2. The first kappa shape index (κ1) is 44.0. The number of rotatable bonds is 14. The van der Waals surface area contributed by atoms with Gasteiger partial charge in [0.15, 0.2) is 5.52 Å². The van der Waals surface area contributed by atoms with E-state index >= 15 is 0 Å². The van der Waals surface area contributed by atoms with Gasteiger partial charge >= 0.3 is 23.6 Å². The highest BCUT2D eigenvalue weighted by Gasteiger charge is 2.26. The summed E-state index contributed by atoms with van der Waals surface area (Å²) in [5, 5.41) is 25.6. The van der Waals surface area contributed by atoms with Gasteiger partial charge < -0.3 is 24.8 Å². The number of non-ortho nitro benzene ring substituents is 1. The van der Waals surface area contributed by atoms with Crippen molar-refractivity contribution in [2.75, 3.05) is 70.8 Å². The fourth-order valence-electron chi connectivity index (χ4n) is 6.18. The Labute approximate surface area is 328 Å². The average molecular weight is 783 g/mol. The summed E-state index contributed by atoms with van der Waals surface area (Å²) < 4.78 is 21.6. The number of anilines is 2. The number of nitrogens with zero attached hydrogens (tertiary/aromatic N) is 6. The van der Waals surface area contributed by atoms with Crippen molar-refractivity contribution in [2.45, 2.75) is 91.6 Å². The molecule has 1 saturated heterocycles. The number of esters is 3. The zero-order valence-electron chi connectivity index (χ0n) is 34.2. The SMILES string of the molecule is CC(C)(C)OC(=O)CNC(Cc1ccc(Nc2ccc([N+](=O)[O-])c3nonc23)cc1)CN1CCN(CC(=O)OC(C)(C)C)CCN(CC(=O)OC(C)(C)C)CC1. The number of ether oxygens (including phenoxy) is 3. The van der Waals surface area contributed by atoms with Crippen LogP contribution in [0.5, 0.6) is 0 Å². The second-order valence-electron chi connectivity index (χ2n) is 17.1. The molecule has 1 aromatic heterocycles. The van der Waals surface area contributed by atoms with E-state index in [1.54, 1.807) is 6.07 Å². The van der Waals surface area contributed by atoms with Gasteiger partial charge in [-0.25, -0.2) is 4.63 Å². The molecule has 2 aromatic carbocycles. The monoisotopic (exact) mass is 782 g/mol. The molecule has 2 heterocycles. The summed E-state index contributed by atoms with van der Waals surface area (Å²) in [6, 6.07) is 10.5. The van der Waals surface area contributed by atoms with Crippen molar-refractivity contribution in [1.82, 2.24) is 30.3 Å². The van der Waals surface area contributed by atoms with Gasteiger partial charge in [-0.1, -0.05) is 12.1 Å². The Bertz CT molecular complexity index is 1750. The molecular formula is C39H58N8O9. The van der Waals surface area contributed by atoms with Crippen LogP contribution in [-0.4, -0.2) is 136 Å². The minimum atomic E-state index is -0.634. The van der Waals surface area contributed by atoms with Gasteiger partial charge in [-0.15, -0.1) is 0 Å². The number of nitro benzene ring substituents is 1. The molecule has 3 aromatic rings. The van der Waals surface area contributed by atoms with Crippen LogP contribution in [0.15, 0.2) is 41.0 Å². The molecule has 0 saturated carbocycles. The molecule has 0 radical (unpaired) electrons. The number of carbonyl (C=O) groups is 3. The van der Waals surface area contributed by atoms with E-state index in [-0.39, 0.29) is 60.3 Å². The summed E-state index contributed by atoms with van der Waals surface area (Å²) in [6.45, 7) is 20.9. The standard InChI is InChI=1S/C39H58N8O9/c1-37(2,3)53-32(48)23-40-29(22-27-10-12-28(13-11-27)41-30-14-15-31(47(51)52)36-35(30)42-56-43-36)24-44-16-18-45(25-33(49)54-38(4,5)6)20-21-46(19-17-44)26-34(50)55-39(7,8)9/h10-15,29,40-41H,16-26H2,1-9H3. The van der Waals surface area contributed by atoms with Crippen LogP contribution in [0.3, 0.4) is 0 Å². The minimum absolute atomic E-state index is 0.00678. The largest absolute Gasteiger partial charge is 0.459 e. The number of hydrogen-bond donors (Lipinski definition) is 2. The molecular weight excluding hydrogens is 724 g/mol. The van der Waals surface area contributed by atoms with Crippen LogP contribution in [-0.2, 0) is 35.0 Å². The molecule has 1 fully saturated rings. The van der Waals surface area contributed by atoms with E-state index in [0.29, 0.717) is 57.9 Å². The van der Waals surface area contributed by atoms with Crippen LogP contribution in [0, 0.1) is 10.1 Å². The van der Waals surface area contributed by atoms with Crippen LogP contribution in [0.1, 0.15) is 67.9 Å². The Hall–Kier alpha value is -4.71. The molecule has 1 atom stereocenters. The Balaban J connectivity index is 1.52. The molecule has 1 aliphatic rings. The lowest BCUT2D eigenvalue weighted by molar-refractivity contribution is -0.383. The molecule has 0 aliphatic carbocycles. The van der Waals surface area contributed by atoms with Crippen LogP contribution in [0.2, 0.25) is 0 Å². The van der Waals surface area contributed by atoms with Crippen molar-refractivity contribution in [2.24, 2.45) is 0 Å². The molecule has 1 unspecified atom stereocenters. The molecule has 0 amide bonds. The maximum atomic E-state index is 12.9. The third-order valence-corrected chi connectivity index (χ3v) is 8.48. The summed E-state index contributed by atoms with van der Waals surface area (Å²) in [6.07, 6.45) is 0.567. The Morgan fingerprint density at radius 3 is 1.71 bits per heavy atom. The van der Waals surface area contributed by atoms with E-state index in [1.165, 1.54) is 6.07 Å². The molecule has 17 nitrogen and oxygen atoms in total. The van der Waals surface area contributed by atoms with Gasteiger partial charge in [0.2, 0.25) is 5.52 Å². The lowest BCUT2D eigenvalue weighted by atomic mass is 10.0. The van der Waals surface area contributed by atoms with Crippen molar-refractivity contribution in [3.05, 3.63) is 52.1 Å². The number of benzene rings is 2. The number of nitro groups is 1. The summed E-state index contributed by atoms with van der Waals surface area (Å²) in [5.41, 5.74) is 0.462. The van der Waals surface area contributed by atoms with E-state index in [1.807, 2.05) is 86.6 Å². The van der Waals surface area contributed by atoms with E-state index in [2.05, 4.69) is 35.6 Å². The Kier molecular flexibility index (Phi) is 14.9. The lowest BCUT2D eigenvalue weighted by Crippen LogP contribution is -2.48. The Morgan fingerprint density at radius 1 is 0.732 bits per heavy atom. The second-order valence-corrected chi connectivity index (χ2v) is 17.1. The van der Waals surface area contributed by atoms with Crippen molar-refractivity contribution in [3.63, 3.8) is 0 Å². The second kappa shape index (κ2) is 19.0. The molecule has 2 N–H and O–H groups in total. The molecule has 17 heteroatoms. The van der Waals surface area contributed by atoms with E-state index in [0.717, 1.165) is 11.3 Å². The van der Waals surface area contributed by atoms with Crippen molar-refractivity contribution in [1.29, 1.82) is 0 Å². The topological polar surface area (TPSA) is 195 Å². The van der Waals surface area contributed by atoms with E-state index in [4.69, 9.17) is 18.8 Å². The third-order valence-electron chi connectivity index (χ3n) is 8.48. The van der Waals surface area contributed by atoms with Gasteiger partial charge in [0.05, 0.1) is 30.2 Å². The fourth-order valence-corrected chi connectivity index (χ4v) is 6.18. The van der Waals surface area contributed by atoms with Crippen LogP contribution >= 0.6 is 0 Å². The van der Waals surface area contributed by atoms with Crippen molar-refractivity contribution in [3.8, 4) is 0 Å². The predicted molar refractivity (Wildman–Crippen MR) is 211 cm³/mol. The predicted octanol–water partition coefficient (Wildman–Crippen LogP) is 4.32. The number of hydrogen-bond acceptors (Lipinski definition) is 16. The summed E-state index contributed by atoms with van der Waals surface area (Å²) in [4.78, 5) is 55.9. The zero-order valence-corrected chi connectivity index (χ0v) is 34.2. The van der Waals surface area contributed by atoms with Gasteiger partial charge in [-0.3, -0.25) is 39.2 Å². The van der Waals surface area contributed by atoms with Gasteiger partial charge in [0.1, 0.15) is 16.8 Å². The van der Waals surface area contributed by atoms with Crippen LogP contribution < -0.4 is 10.6 Å². The van der Waals surface area contributed by atoms with Crippen molar-refractivity contribution < 1.29 is 38.1 Å². The Morgan fingerprint density at radius 2 is 1.21 bits per heavy atom. The van der Waals surface area contributed by atoms with Gasteiger partial charge in [0.25, 0.3) is 0 Å². The van der Waals surface area contributed by atoms with Crippen LogP contribution in [0.25, 0.3) is 11.0 Å². The maximum absolute atomic E-state index is 12.9. The number of fused-ring (bicyclic) bond motifs is 1. The summed E-state index contributed by atoms with van der Waals surface area (Å²) in [7, 11) is 0. The van der Waals surface area contributed by atoms with Gasteiger partial charge in [-0.2, -0.15) is 0 Å². The summed E-state index contributed by atoms with van der Waals surface area (Å²) >= 11 is 0. The highest BCUT2D eigenvalue weighted by atomic mass is 16.6. The first-order valence-electron chi connectivity index (χ1n) is 18.9. The van der Waals surface area contributed by atoms with E-state index in [9.17, 15) is 24.5 Å². The quantitative estimate of drug-likeness (QED) is 0.102. The number of nitrogens with one attached hydrogen (secondary N) is 2. The normalized spacial score (nSPS) is 16.0. The first-order chi connectivity index (χ1) is 26.1. The highest BCUT2D eigenvalue weighted by molar-refractivity contribution is 5.94. The van der Waals surface area contributed by atoms with Gasteiger partial charge in [0, 0.05) is 63.6 Å². The third kappa shape index (κ3) is 15.1. The zero-order chi connectivity index (χ0) is 41.3. The van der Waals surface area contributed by atoms with Gasteiger partial charge in [-0.05, 0) is 103 Å². The molecule has 0 bridgehead atoms. The summed E-state index contributed by atoms with van der Waals surface area (Å²) in [5.74, 6) is -0.990.